The molecule has 0 aliphatic carbocycles. The largest absolute Gasteiger partial charge is 0.446 e. The fourth-order valence-corrected chi connectivity index (χ4v) is 2.15. The molecule has 1 aliphatic heterocycles. The van der Waals surface area contributed by atoms with E-state index >= 15 is 0 Å². The van der Waals surface area contributed by atoms with E-state index in [9.17, 15) is 4.79 Å². The Labute approximate surface area is 126 Å². The SMILES string of the molecule is CC(=O)N1N=C(c2ccc(Cl)cc2)OC1c1ccncc1. The predicted octanol–water partition coefficient (Wildman–Crippen LogP) is 2.97. The molecule has 0 saturated heterocycles. The minimum absolute atomic E-state index is 0.194. The number of hydrazone groups is 1. The Morgan fingerprint density at radius 1 is 1.19 bits per heavy atom. The molecule has 1 amide bonds. The summed E-state index contributed by atoms with van der Waals surface area (Å²) >= 11 is 5.87. The Kier molecular flexibility index (Phi) is 3.58. The van der Waals surface area contributed by atoms with E-state index in [2.05, 4.69) is 10.1 Å². The van der Waals surface area contributed by atoms with Crippen LogP contribution in [-0.2, 0) is 9.53 Å². The van der Waals surface area contributed by atoms with Gasteiger partial charge >= 0.3 is 0 Å². The molecule has 3 rings (SSSR count). The lowest BCUT2D eigenvalue weighted by Crippen LogP contribution is -2.25. The number of halogens is 1. The van der Waals surface area contributed by atoms with E-state index in [-0.39, 0.29) is 5.91 Å². The molecule has 1 unspecified atom stereocenters. The van der Waals surface area contributed by atoms with Crippen LogP contribution in [0.1, 0.15) is 24.3 Å². The number of aromatic nitrogens is 1. The van der Waals surface area contributed by atoms with E-state index in [0.717, 1.165) is 11.1 Å². The molecule has 106 valence electrons. The Balaban J connectivity index is 1.93. The van der Waals surface area contributed by atoms with Crippen LogP contribution in [0, 0.1) is 0 Å². The van der Waals surface area contributed by atoms with Crippen LogP contribution in [0.2, 0.25) is 5.02 Å². The first kappa shape index (κ1) is 13.6. The van der Waals surface area contributed by atoms with Crippen molar-refractivity contribution in [3.63, 3.8) is 0 Å². The van der Waals surface area contributed by atoms with Gasteiger partial charge in [-0.3, -0.25) is 9.78 Å². The lowest BCUT2D eigenvalue weighted by Gasteiger charge is -2.18. The van der Waals surface area contributed by atoms with E-state index in [1.54, 1.807) is 48.8 Å². The second-order valence-electron chi connectivity index (χ2n) is 4.53. The average Bonchev–Trinajstić information content (AvgIpc) is 2.94. The summed E-state index contributed by atoms with van der Waals surface area (Å²) < 4.78 is 5.83. The van der Waals surface area contributed by atoms with Crippen molar-refractivity contribution in [1.29, 1.82) is 0 Å². The molecular formula is C15H12ClN3O2. The van der Waals surface area contributed by atoms with Gasteiger partial charge < -0.3 is 4.74 Å². The Hall–Kier alpha value is -2.40. The van der Waals surface area contributed by atoms with Crippen LogP contribution in [-0.4, -0.2) is 21.8 Å². The van der Waals surface area contributed by atoms with Crippen molar-refractivity contribution in [2.75, 3.05) is 0 Å². The monoisotopic (exact) mass is 301 g/mol. The quantitative estimate of drug-likeness (QED) is 0.857. The Bertz CT molecular complexity index is 686. The smallest absolute Gasteiger partial charge is 0.243 e. The van der Waals surface area contributed by atoms with Crippen LogP contribution < -0.4 is 0 Å². The zero-order chi connectivity index (χ0) is 14.8. The third kappa shape index (κ3) is 2.73. The molecule has 0 radical (unpaired) electrons. The molecular weight excluding hydrogens is 290 g/mol. The minimum Gasteiger partial charge on any atom is -0.446 e. The van der Waals surface area contributed by atoms with Gasteiger partial charge in [0.1, 0.15) is 0 Å². The number of pyridine rings is 1. The number of nitrogens with zero attached hydrogens (tertiary/aromatic N) is 3. The fourth-order valence-electron chi connectivity index (χ4n) is 2.02. The topological polar surface area (TPSA) is 54.8 Å². The van der Waals surface area contributed by atoms with Crippen LogP contribution in [0.3, 0.4) is 0 Å². The first-order chi connectivity index (χ1) is 10.1. The van der Waals surface area contributed by atoms with Gasteiger partial charge in [-0.2, -0.15) is 5.01 Å². The molecule has 1 atom stereocenters. The van der Waals surface area contributed by atoms with Crippen LogP contribution in [0.5, 0.6) is 0 Å². The van der Waals surface area contributed by atoms with Crippen LogP contribution in [0.4, 0.5) is 0 Å². The van der Waals surface area contributed by atoms with Crippen molar-refractivity contribution in [2.45, 2.75) is 13.2 Å². The number of hydrogen-bond donors (Lipinski definition) is 0. The van der Waals surface area contributed by atoms with Crippen LogP contribution >= 0.6 is 11.6 Å². The lowest BCUT2D eigenvalue weighted by molar-refractivity contribution is -0.135. The Morgan fingerprint density at radius 3 is 2.48 bits per heavy atom. The average molecular weight is 302 g/mol. The van der Waals surface area contributed by atoms with Gasteiger partial charge in [-0.1, -0.05) is 11.6 Å². The molecule has 2 heterocycles. The summed E-state index contributed by atoms with van der Waals surface area (Å²) in [5.74, 6) is 0.199. The summed E-state index contributed by atoms with van der Waals surface area (Å²) in [5, 5.41) is 6.21. The van der Waals surface area contributed by atoms with Gasteiger partial charge in [-0.25, -0.2) is 0 Å². The molecule has 0 bridgehead atoms. The van der Waals surface area contributed by atoms with Crippen molar-refractivity contribution in [1.82, 2.24) is 9.99 Å². The number of amides is 1. The van der Waals surface area contributed by atoms with E-state index < -0.39 is 6.23 Å². The third-order valence-electron chi connectivity index (χ3n) is 3.05. The maximum absolute atomic E-state index is 11.8. The van der Waals surface area contributed by atoms with E-state index in [0.29, 0.717) is 10.9 Å². The van der Waals surface area contributed by atoms with Gasteiger partial charge in [0.25, 0.3) is 0 Å². The maximum atomic E-state index is 11.8. The van der Waals surface area contributed by atoms with Gasteiger partial charge in [0, 0.05) is 35.5 Å². The summed E-state index contributed by atoms with van der Waals surface area (Å²) in [6.07, 6.45) is 2.73. The molecule has 0 N–H and O–H groups in total. The highest BCUT2D eigenvalue weighted by Crippen LogP contribution is 2.30. The molecule has 6 heteroatoms. The molecule has 2 aromatic rings. The van der Waals surface area contributed by atoms with Gasteiger partial charge in [0.2, 0.25) is 18.0 Å². The van der Waals surface area contributed by atoms with Gasteiger partial charge in [-0.05, 0) is 36.4 Å². The first-order valence-electron chi connectivity index (χ1n) is 6.36. The number of carbonyl (C=O) groups excluding carboxylic acids is 1. The highest BCUT2D eigenvalue weighted by molar-refractivity contribution is 6.30. The summed E-state index contributed by atoms with van der Waals surface area (Å²) in [6.45, 7) is 1.45. The molecule has 1 aliphatic rings. The van der Waals surface area contributed by atoms with E-state index in [1.165, 1.54) is 11.9 Å². The van der Waals surface area contributed by atoms with Gasteiger partial charge in [0.05, 0.1) is 0 Å². The minimum atomic E-state index is -0.573. The van der Waals surface area contributed by atoms with Crippen molar-refractivity contribution < 1.29 is 9.53 Å². The number of rotatable bonds is 2. The van der Waals surface area contributed by atoms with E-state index in [1.807, 2.05) is 0 Å². The summed E-state index contributed by atoms with van der Waals surface area (Å²) in [7, 11) is 0. The summed E-state index contributed by atoms with van der Waals surface area (Å²) in [6, 6.07) is 10.7. The summed E-state index contributed by atoms with van der Waals surface area (Å²) in [4.78, 5) is 15.7. The van der Waals surface area contributed by atoms with Crippen LogP contribution in [0.15, 0.2) is 53.9 Å². The molecule has 1 aromatic carbocycles. The van der Waals surface area contributed by atoms with Crippen molar-refractivity contribution in [2.24, 2.45) is 5.10 Å². The number of benzene rings is 1. The lowest BCUT2D eigenvalue weighted by atomic mass is 10.2. The molecule has 0 fully saturated rings. The second kappa shape index (κ2) is 5.54. The zero-order valence-corrected chi connectivity index (χ0v) is 12.0. The number of ether oxygens (including phenoxy) is 1. The van der Waals surface area contributed by atoms with Crippen molar-refractivity contribution in [3.05, 3.63) is 64.9 Å². The normalized spacial score (nSPS) is 17.3. The van der Waals surface area contributed by atoms with Crippen LogP contribution in [0.25, 0.3) is 0 Å². The number of hydrogen-bond acceptors (Lipinski definition) is 4. The first-order valence-corrected chi connectivity index (χ1v) is 6.74. The molecule has 21 heavy (non-hydrogen) atoms. The van der Waals surface area contributed by atoms with Crippen molar-refractivity contribution >= 4 is 23.4 Å². The highest BCUT2D eigenvalue weighted by Gasteiger charge is 2.32. The molecule has 5 nitrogen and oxygen atoms in total. The maximum Gasteiger partial charge on any atom is 0.243 e. The van der Waals surface area contributed by atoms with Gasteiger partial charge in [-0.15, -0.1) is 5.10 Å². The van der Waals surface area contributed by atoms with E-state index in [4.69, 9.17) is 16.3 Å². The zero-order valence-electron chi connectivity index (χ0n) is 11.2. The number of carbonyl (C=O) groups is 1. The predicted molar refractivity (Wildman–Crippen MR) is 78.6 cm³/mol. The molecule has 1 aromatic heterocycles. The summed E-state index contributed by atoms with van der Waals surface area (Å²) in [5.41, 5.74) is 1.58. The third-order valence-corrected chi connectivity index (χ3v) is 3.30. The second-order valence-corrected chi connectivity index (χ2v) is 4.96. The fraction of sp³-hybridized carbons (Fsp3) is 0.133. The van der Waals surface area contributed by atoms with Gasteiger partial charge in [0.15, 0.2) is 0 Å². The Morgan fingerprint density at radius 2 is 1.86 bits per heavy atom. The molecule has 0 saturated carbocycles. The standard InChI is InChI=1S/C15H12ClN3O2/c1-10(20)19-15(12-6-8-17-9-7-12)21-14(18-19)11-2-4-13(16)5-3-11/h2-9,15H,1H3. The highest BCUT2D eigenvalue weighted by atomic mass is 35.5. The van der Waals surface area contributed by atoms with Crippen molar-refractivity contribution in [3.8, 4) is 0 Å². The molecule has 0 spiro atoms.